The fourth-order valence-corrected chi connectivity index (χ4v) is 1.59. The van der Waals surface area contributed by atoms with Crippen LogP contribution in [0, 0.1) is 12.0 Å². The SMILES string of the molecule is CC(C)CSc1cc[c-]cc1.[Br-].[Mg+2]. The number of hydrogen-bond donors (Lipinski definition) is 0. The van der Waals surface area contributed by atoms with Gasteiger partial charge in [0.1, 0.15) is 0 Å². The number of rotatable bonds is 3. The molecule has 0 aliphatic heterocycles. The van der Waals surface area contributed by atoms with Gasteiger partial charge >= 0.3 is 23.1 Å². The Bertz CT molecular complexity index is 201. The first-order valence-electron chi connectivity index (χ1n) is 3.88. The fourth-order valence-electron chi connectivity index (χ4n) is 0.731. The van der Waals surface area contributed by atoms with Crippen molar-refractivity contribution in [2.45, 2.75) is 18.7 Å². The third-order valence-corrected chi connectivity index (χ3v) is 2.71. The molecule has 13 heavy (non-hydrogen) atoms. The molecule has 0 aliphatic rings. The first kappa shape index (κ1) is 16.3. The maximum Gasteiger partial charge on any atom is 2.00 e. The predicted octanol–water partition coefficient (Wildman–Crippen LogP) is -0.142. The van der Waals surface area contributed by atoms with Crippen molar-refractivity contribution in [2.24, 2.45) is 5.92 Å². The number of benzene rings is 1. The van der Waals surface area contributed by atoms with Crippen LogP contribution in [0.2, 0.25) is 0 Å². The second-order valence-corrected chi connectivity index (χ2v) is 4.03. The molecule has 0 aromatic heterocycles. The molecule has 0 unspecified atom stereocenters. The Labute approximate surface area is 112 Å². The van der Waals surface area contributed by atoms with E-state index in [0.717, 1.165) is 5.92 Å². The molecule has 1 aromatic carbocycles. The van der Waals surface area contributed by atoms with Gasteiger partial charge in [-0.2, -0.15) is 42.1 Å². The Morgan fingerprint density at radius 3 is 2.31 bits per heavy atom. The van der Waals surface area contributed by atoms with Crippen molar-refractivity contribution in [1.29, 1.82) is 0 Å². The van der Waals surface area contributed by atoms with E-state index < -0.39 is 0 Å². The summed E-state index contributed by atoms with van der Waals surface area (Å²) in [5.74, 6) is 1.97. The van der Waals surface area contributed by atoms with Crippen LogP contribution in [0.15, 0.2) is 29.2 Å². The largest absolute Gasteiger partial charge is 2.00 e. The quantitative estimate of drug-likeness (QED) is 0.418. The zero-order valence-corrected chi connectivity index (χ0v) is 11.9. The summed E-state index contributed by atoms with van der Waals surface area (Å²) >= 11 is 1.91. The second-order valence-electron chi connectivity index (χ2n) is 2.94. The van der Waals surface area contributed by atoms with E-state index >= 15 is 0 Å². The van der Waals surface area contributed by atoms with Crippen LogP contribution in [0.4, 0.5) is 0 Å². The third kappa shape index (κ3) is 7.85. The maximum absolute atomic E-state index is 3.01. The van der Waals surface area contributed by atoms with E-state index in [0.29, 0.717) is 0 Å². The Hall–Kier alpha value is 0.816. The first-order valence-corrected chi connectivity index (χ1v) is 4.86. The van der Waals surface area contributed by atoms with Crippen LogP contribution in [0.25, 0.3) is 0 Å². The average molecular weight is 269 g/mol. The summed E-state index contributed by atoms with van der Waals surface area (Å²) in [6.07, 6.45) is 0. The Balaban J connectivity index is 0. The summed E-state index contributed by atoms with van der Waals surface area (Å²) in [6.45, 7) is 4.48. The van der Waals surface area contributed by atoms with Gasteiger partial charge in [0.2, 0.25) is 0 Å². The summed E-state index contributed by atoms with van der Waals surface area (Å²) in [5.41, 5.74) is 0. The summed E-state index contributed by atoms with van der Waals surface area (Å²) in [5, 5.41) is 0. The van der Waals surface area contributed by atoms with E-state index in [4.69, 9.17) is 0 Å². The van der Waals surface area contributed by atoms with Crippen LogP contribution in [0.3, 0.4) is 0 Å². The van der Waals surface area contributed by atoms with Crippen LogP contribution in [0.1, 0.15) is 13.8 Å². The van der Waals surface area contributed by atoms with E-state index in [1.54, 1.807) is 0 Å². The van der Waals surface area contributed by atoms with Crippen molar-refractivity contribution >= 4 is 34.8 Å². The van der Waals surface area contributed by atoms with E-state index in [2.05, 4.69) is 32.0 Å². The molecule has 3 heteroatoms. The van der Waals surface area contributed by atoms with Gasteiger partial charge in [-0.05, 0) is 11.7 Å². The van der Waals surface area contributed by atoms with Crippen LogP contribution in [0.5, 0.6) is 0 Å². The minimum atomic E-state index is 0. The van der Waals surface area contributed by atoms with Crippen molar-refractivity contribution in [3.8, 4) is 0 Å². The van der Waals surface area contributed by atoms with Gasteiger partial charge in [-0.1, -0.05) is 13.8 Å². The van der Waals surface area contributed by atoms with Crippen molar-refractivity contribution < 1.29 is 17.0 Å². The molecular formula is C10H13BrMgS. The molecule has 0 amide bonds. The van der Waals surface area contributed by atoms with Crippen molar-refractivity contribution in [1.82, 2.24) is 0 Å². The summed E-state index contributed by atoms with van der Waals surface area (Å²) < 4.78 is 0. The zero-order chi connectivity index (χ0) is 8.10. The van der Waals surface area contributed by atoms with E-state index in [1.807, 2.05) is 23.9 Å². The predicted molar refractivity (Wildman–Crippen MR) is 56.6 cm³/mol. The number of halogens is 1. The van der Waals surface area contributed by atoms with Gasteiger partial charge in [0.05, 0.1) is 0 Å². The van der Waals surface area contributed by atoms with Gasteiger partial charge in [0.25, 0.3) is 0 Å². The molecule has 0 bridgehead atoms. The topological polar surface area (TPSA) is 0 Å². The molecule has 0 nitrogen and oxygen atoms in total. The van der Waals surface area contributed by atoms with Gasteiger partial charge in [-0.25, -0.2) is 0 Å². The first-order chi connectivity index (χ1) is 5.29. The van der Waals surface area contributed by atoms with Gasteiger partial charge in [-0.3, -0.25) is 0 Å². The monoisotopic (exact) mass is 268 g/mol. The summed E-state index contributed by atoms with van der Waals surface area (Å²) in [4.78, 5) is 1.34. The molecule has 0 radical (unpaired) electrons. The molecule has 1 rings (SSSR count). The van der Waals surface area contributed by atoms with Crippen molar-refractivity contribution in [2.75, 3.05) is 5.75 Å². The maximum atomic E-state index is 3.01. The minimum Gasteiger partial charge on any atom is -1.00 e. The summed E-state index contributed by atoms with van der Waals surface area (Å²) in [7, 11) is 0. The van der Waals surface area contributed by atoms with Crippen LogP contribution < -0.4 is 17.0 Å². The van der Waals surface area contributed by atoms with Crippen LogP contribution in [-0.2, 0) is 0 Å². The van der Waals surface area contributed by atoms with Gasteiger partial charge in [0.15, 0.2) is 0 Å². The standard InChI is InChI=1S/C10H13S.BrH.Mg/c1-9(2)8-11-10-6-4-3-5-7-10;;/h4-7,9H,8H2,1-2H3;1H;/q-1;;+2/p-1. The molecule has 1 aromatic rings. The average Bonchev–Trinajstić information content (AvgIpc) is 2.03. The Kier molecular flexibility index (Phi) is 11.7. The molecule has 0 saturated carbocycles. The molecule has 68 valence electrons. The third-order valence-electron chi connectivity index (χ3n) is 1.27. The number of hydrogen-bond acceptors (Lipinski definition) is 1. The summed E-state index contributed by atoms with van der Waals surface area (Å²) in [6, 6.07) is 11.1. The second kappa shape index (κ2) is 9.37. The molecule has 0 N–H and O–H groups in total. The molecular weight excluding hydrogens is 256 g/mol. The minimum absolute atomic E-state index is 0. The molecule has 0 heterocycles. The van der Waals surface area contributed by atoms with Crippen molar-refractivity contribution in [3.05, 3.63) is 30.3 Å². The molecule has 0 fully saturated rings. The molecule has 0 spiro atoms. The normalized spacial score (nSPS) is 8.85. The van der Waals surface area contributed by atoms with E-state index in [-0.39, 0.29) is 40.0 Å². The van der Waals surface area contributed by atoms with E-state index in [9.17, 15) is 0 Å². The van der Waals surface area contributed by atoms with Gasteiger partial charge in [-0.15, -0.1) is 4.90 Å². The molecule has 0 atom stereocenters. The Morgan fingerprint density at radius 1 is 1.31 bits per heavy atom. The van der Waals surface area contributed by atoms with Gasteiger partial charge < -0.3 is 17.0 Å². The van der Waals surface area contributed by atoms with Crippen molar-refractivity contribution in [3.63, 3.8) is 0 Å². The van der Waals surface area contributed by atoms with E-state index in [1.165, 1.54) is 10.6 Å². The fraction of sp³-hybridized carbons (Fsp3) is 0.400. The zero-order valence-electron chi connectivity index (χ0n) is 8.09. The van der Waals surface area contributed by atoms with Crippen LogP contribution in [-0.4, -0.2) is 28.8 Å². The molecule has 0 aliphatic carbocycles. The number of thioether (sulfide) groups is 1. The van der Waals surface area contributed by atoms with Gasteiger partial charge in [0, 0.05) is 0 Å². The van der Waals surface area contributed by atoms with Crippen LogP contribution >= 0.6 is 11.8 Å². The Morgan fingerprint density at radius 2 is 1.85 bits per heavy atom. The smallest absolute Gasteiger partial charge is 1.00 e. The molecule has 0 saturated heterocycles.